The Labute approximate surface area is 297 Å². The molecule has 0 radical (unpaired) electrons. The predicted molar refractivity (Wildman–Crippen MR) is 204 cm³/mol. The van der Waals surface area contributed by atoms with Crippen molar-refractivity contribution < 1.29 is 25.3 Å². The molecule has 9 heteroatoms. The van der Waals surface area contributed by atoms with Gasteiger partial charge in [0.1, 0.15) is 0 Å². The Hall–Kier alpha value is -0.930. The maximum Gasteiger partial charge on any atom is 0.178 e. The summed E-state index contributed by atoms with van der Waals surface area (Å²) in [7, 11) is -11.5. The summed E-state index contributed by atoms with van der Waals surface area (Å²) in [5.74, 6) is -0.326. The molecule has 0 heterocycles. The Kier molecular flexibility index (Phi) is 25.2. The van der Waals surface area contributed by atoms with Gasteiger partial charge in [0, 0.05) is 0 Å². The summed E-state index contributed by atoms with van der Waals surface area (Å²) in [5, 5.41) is 0. The molecule has 0 unspecified atom stereocenters. The molecule has 1 rings (SSSR count). The largest absolute Gasteiger partial charge is 0.224 e. The SMILES string of the molecule is CCCCCCCCCCCS(=O)(=O)c1cc(S(=O)(=O)CCCCCCCCCCC)cc(S(=O)(=O)CCCCCCCCCCC)c1. The van der Waals surface area contributed by atoms with Crippen LogP contribution in [0.5, 0.6) is 0 Å². The zero-order valence-electron chi connectivity index (χ0n) is 31.1. The first-order valence-corrected chi connectivity index (χ1v) is 24.8. The number of hydrogen-bond acceptors (Lipinski definition) is 6. The van der Waals surface area contributed by atoms with Gasteiger partial charge in [0.25, 0.3) is 0 Å². The van der Waals surface area contributed by atoms with E-state index in [0.717, 1.165) is 77.0 Å². The Morgan fingerprint density at radius 3 is 0.646 bits per heavy atom. The van der Waals surface area contributed by atoms with Crippen LogP contribution in [0.15, 0.2) is 32.9 Å². The van der Waals surface area contributed by atoms with Crippen LogP contribution in [-0.2, 0) is 29.5 Å². The molecule has 0 atom stereocenters. The van der Waals surface area contributed by atoms with Crippen LogP contribution in [0, 0.1) is 0 Å². The summed E-state index contributed by atoms with van der Waals surface area (Å²) in [6.07, 6.45) is 28.2. The fourth-order valence-corrected chi connectivity index (χ4v) is 10.8. The summed E-state index contributed by atoms with van der Waals surface area (Å²) < 4.78 is 80.8. The van der Waals surface area contributed by atoms with Gasteiger partial charge in [0.15, 0.2) is 29.5 Å². The quantitative estimate of drug-likeness (QED) is 0.0667. The van der Waals surface area contributed by atoms with E-state index in [4.69, 9.17) is 0 Å². The van der Waals surface area contributed by atoms with E-state index in [1.54, 1.807) is 0 Å². The van der Waals surface area contributed by atoms with Crippen molar-refractivity contribution >= 4 is 29.5 Å². The van der Waals surface area contributed by atoms with Gasteiger partial charge in [-0.2, -0.15) is 0 Å². The predicted octanol–water partition coefficient (Wildman–Crippen LogP) is 11.6. The van der Waals surface area contributed by atoms with Crippen LogP contribution in [0.4, 0.5) is 0 Å². The second kappa shape index (κ2) is 26.8. The van der Waals surface area contributed by atoms with Crippen molar-refractivity contribution in [2.45, 2.75) is 209 Å². The average molecular weight is 733 g/mol. The molecular formula is C39H72O6S3. The minimum atomic E-state index is -3.84. The highest BCUT2D eigenvalue weighted by atomic mass is 32.2. The molecule has 0 aromatic heterocycles. The molecule has 0 aliphatic carbocycles. The van der Waals surface area contributed by atoms with Gasteiger partial charge in [-0.15, -0.1) is 0 Å². The highest BCUT2D eigenvalue weighted by Gasteiger charge is 2.25. The van der Waals surface area contributed by atoms with Gasteiger partial charge in [-0.25, -0.2) is 25.3 Å². The second-order valence-electron chi connectivity index (χ2n) is 14.1. The summed E-state index contributed by atoms with van der Waals surface area (Å²) in [5.41, 5.74) is 0. The Morgan fingerprint density at radius 2 is 0.458 bits per heavy atom. The first kappa shape index (κ1) is 45.1. The van der Waals surface area contributed by atoms with Gasteiger partial charge in [0.05, 0.1) is 31.9 Å². The van der Waals surface area contributed by atoms with Gasteiger partial charge < -0.3 is 0 Å². The summed E-state index contributed by atoms with van der Waals surface area (Å²) in [4.78, 5) is -0.539. The van der Waals surface area contributed by atoms with Crippen LogP contribution in [0.2, 0.25) is 0 Å². The highest BCUT2D eigenvalue weighted by molar-refractivity contribution is 7.93. The van der Waals surface area contributed by atoms with Crippen molar-refractivity contribution in [2.75, 3.05) is 17.3 Å². The van der Waals surface area contributed by atoms with Crippen LogP contribution in [-0.4, -0.2) is 42.5 Å². The van der Waals surface area contributed by atoms with Crippen molar-refractivity contribution in [3.63, 3.8) is 0 Å². The highest BCUT2D eigenvalue weighted by Crippen LogP contribution is 2.27. The van der Waals surface area contributed by atoms with Crippen LogP contribution in [0.1, 0.15) is 194 Å². The molecule has 0 fully saturated rings. The Bertz CT molecular complexity index is 1100. The van der Waals surface area contributed by atoms with Gasteiger partial charge in [-0.3, -0.25) is 0 Å². The molecule has 1 aromatic carbocycles. The first-order chi connectivity index (χ1) is 23.0. The minimum Gasteiger partial charge on any atom is -0.224 e. The lowest BCUT2D eigenvalue weighted by molar-refractivity contribution is 0.563. The second-order valence-corrected chi connectivity index (χ2v) is 20.4. The summed E-state index contributed by atoms with van der Waals surface area (Å²) in [6.45, 7) is 6.58. The molecule has 0 aliphatic heterocycles. The van der Waals surface area contributed by atoms with Crippen LogP contribution in [0.3, 0.4) is 0 Å². The van der Waals surface area contributed by atoms with E-state index in [-0.39, 0.29) is 31.9 Å². The van der Waals surface area contributed by atoms with E-state index in [1.165, 1.54) is 95.2 Å². The Balaban J connectivity index is 2.92. The fraction of sp³-hybridized carbons (Fsp3) is 0.846. The van der Waals surface area contributed by atoms with Gasteiger partial charge in [0.2, 0.25) is 0 Å². The summed E-state index contributed by atoms with van der Waals surface area (Å²) >= 11 is 0. The van der Waals surface area contributed by atoms with Crippen molar-refractivity contribution in [1.82, 2.24) is 0 Å². The lowest BCUT2D eigenvalue weighted by atomic mass is 10.1. The average Bonchev–Trinajstić information content (AvgIpc) is 3.05. The standard InChI is InChI=1S/C39H72O6S3/c1-4-7-10-13-16-19-22-25-28-31-46(40,41)37-34-38(47(42,43)32-29-26-23-20-17-14-11-8-5-2)36-39(35-37)48(44,45)33-30-27-24-21-18-15-12-9-6-3/h34-36H,4-33H2,1-3H3. The van der Waals surface area contributed by atoms with E-state index in [0.29, 0.717) is 19.3 Å². The third kappa shape index (κ3) is 20.7. The van der Waals surface area contributed by atoms with Crippen molar-refractivity contribution in [3.8, 4) is 0 Å². The van der Waals surface area contributed by atoms with Crippen molar-refractivity contribution in [3.05, 3.63) is 18.2 Å². The normalized spacial score (nSPS) is 12.6. The Morgan fingerprint density at radius 1 is 0.292 bits per heavy atom. The third-order valence-corrected chi connectivity index (χ3v) is 14.8. The maximum absolute atomic E-state index is 13.5. The van der Waals surface area contributed by atoms with Gasteiger partial charge in [-0.05, 0) is 37.5 Å². The number of sulfone groups is 3. The number of rotatable bonds is 33. The number of hydrogen-bond donors (Lipinski definition) is 0. The maximum atomic E-state index is 13.5. The fourth-order valence-electron chi connectivity index (χ4n) is 6.25. The molecule has 0 saturated carbocycles. The molecule has 1 aromatic rings. The van der Waals surface area contributed by atoms with E-state index < -0.39 is 29.5 Å². The molecule has 0 bridgehead atoms. The summed E-state index contributed by atoms with van der Waals surface area (Å²) in [6, 6.07) is 3.64. The molecule has 48 heavy (non-hydrogen) atoms. The topological polar surface area (TPSA) is 102 Å². The zero-order chi connectivity index (χ0) is 35.6. The lowest BCUT2D eigenvalue weighted by Crippen LogP contribution is -2.14. The van der Waals surface area contributed by atoms with E-state index in [9.17, 15) is 25.3 Å². The van der Waals surface area contributed by atoms with Gasteiger partial charge >= 0.3 is 0 Å². The van der Waals surface area contributed by atoms with Crippen molar-refractivity contribution in [2.24, 2.45) is 0 Å². The van der Waals surface area contributed by atoms with Crippen LogP contribution in [0.25, 0.3) is 0 Å². The lowest BCUT2D eigenvalue weighted by Gasteiger charge is -2.12. The molecule has 0 saturated heterocycles. The van der Waals surface area contributed by atoms with Crippen molar-refractivity contribution in [1.29, 1.82) is 0 Å². The molecule has 0 aliphatic rings. The first-order valence-electron chi connectivity index (χ1n) is 19.8. The molecule has 6 nitrogen and oxygen atoms in total. The van der Waals surface area contributed by atoms with Crippen LogP contribution >= 0.6 is 0 Å². The van der Waals surface area contributed by atoms with Crippen LogP contribution < -0.4 is 0 Å². The number of benzene rings is 1. The molecule has 0 amide bonds. The molecule has 0 N–H and O–H groups in total. The third-order valence-electron chi connectivity index (χ3n) is 9.48. The van der Waals surface area contributed by atoms with E-state index >= 15 is 0 Å². The minimum absolute atomic E-state index is 0.109. The molecule has 282 valence electrons. The smallest absolute Gasteiger partial charge is 0.178 e. The molecular weight excluding hydrogens is 661 g/mol. The molecule has 0 spiro atoms. The van der Waals surface area contributed by atoms with E-state index in [1.807, 2.05) is 0 Å². The van der Waals surface area contributed by atoms with Gasteiger partial charge in [-0.1, -0.05) is 175 Å². The zero-order valence-corrected chi connectivity index (χ0v) is 33.6. The number of unbranched alkanes of at least 4 members (excludes halogenated alkanes) is 24. The van der Waals surface area contributed by atoms with E-state index in [2.05, 4.69) is 20.8 Å². The monoisotopic (exact) mass is 732 g/mol.